The van der Waals surface area contributed by atoms with Crippen molar-refractivity contribution in [1.82, 2.24) is 0 Å². The normalized spacial score (nSPS) is 10.7. The maximum absolute atomic E-state index is 9.86. The molecule has 150 valence electrons. The molecule has 0 spiro atoms. The zero-order valence-electron chi connectivity index (χ0n) is 17.5. The van der Waals surface area contributed by atoms with Gasteiger partial charge in [-0.1, -0.05) is 60.8 Å². The molecule has 0 radical (unpaired) electrons. The Morgan fingerprint density at radius 3 is 1.65 bits per heavy atom. The molecule has 0 heterocycles. The minimum absolute atomic E-state index is 0.630. The zero-order chi connectivity index (χ0) is 20.8. The summed E-state index contributed by atoms with van der Waals surface area (Å²) in [6.45, 7) is 12.1. The Kier molecular flexibility index (Phi) is 25.3. The van der Waals surface area contributed by atoms with Gasteiger partial charge in [0.25, 0.3) is 0 Å². The predicted molar refractivity (Wildman–Crippen MR) is 111 cm³/mol. The Balaban J connectivity index is -0.000000310. The summed E-state index contributed by atoms with van der Waals surface area (Å²) in [6.07, 6.45) is 10.1. The molecule has 0 aliphatic carbocycles. The van der Waals surface area contributed by atoms with Gasteiger partial charge in [-0.25, -0.2) is 10.1 Å². The lowest BCUT2D eigenvalue weighted by atomic mass is 10.2. The first-order valence-electron chi connectivity index (χ1n) is 9.57. The molecule has 1 N–H and O–H groups in total. The summed E-state index contributed by atoms with van der Waals surface area (Å²) < 4.78 is 0. The van der Waals surface area contributed by atoms with E-state index in [9.17, 15) is 10.1 Å². The molecule has 0 fully saturated rings. The van der Waals surface area contributed by atoms with Crippen molar-refractivity contribution in [3.63, 3.8) is 0 Å². The van der Waals surface area contributed by atoms with Crippen LogP contribution in [0.15, 0.2) is 10.1 Å². The van der Waals surface area contributed by atoms with E-state index in [1.54, 1.807) is 6.19 Å². The van der Waals surface area contributed by atoms with Crippen molar-refractivity contribution in [2.45, 2.75) is 99.3 Å². The van der Waals surface area contributed by atoms with Crippen LogP contribution in [0, 0.1) is 27.0 Å². The second kappa shape index (κ2) is 22.9. The fraction of sp³-hybridized carbons (Fsp3) is 0.789. The number of hydrogen-bond acceptors (Lipinski definition) is 5. The summed E-state index contributed by atoms with van der Waals surface area (Å²) in [6, 6.07) is 0. The minimum atomic E-state index is -0.630. The topological polar surface area (TPSA) is 116 Å². The molecule has 0 aromatic carbocycles. The maximum Gasteiger partial charge on any atom is 0.205 e. The molecular formula is C19H37N5O2. The van der Waals surface area contributed by atoms with Gasteiger partial charge in [0.1, 0.15) is 0 Å². The van der Waals surface area contributed by atoms with E-state index in [-0.39, 0.29) is 0 Å². The molecule has 0 rings (SSSR count). The van der Waals surface area contributed by atoms with Crippen LogP contribution in [-0.2, 0) is 0 Å². The van der Waals surface area contributed by atoms with Crippen molar-refractivity contribution in [1.29, 1.82) is 10.7 Å². The van der Waals surface area contributed by atoms with Gasteiger partial charge in [0.05, 0.1) is 10.8 Å². The number of nitriles is 1. The lowest BCUT2D eigenvalue weighted by Gasteiger charge is -1.94. The van der Waals surface area contributed by atoms with E-state index in [1.165, 1.54) is 0 Å². The molecule has 7 heteroatoms. The van der Waals surface area contributed by atoms with Crippen molar-refractivity contribution in [3.8, 4) is 6.19 Å². The number of nitrogens with one attached hydrogen (secondary N) is 1. The Hall–Kier alpha value is -2.10. The van der Waals surface area contributed by atoms with E-state index in [2.05, 4.69) is 23.9 Å². The molecule has 0 saturated carbocycles. The maximum atomic E-state index is 9.86. The molecule has 0 aromatic rings. The largest absolute Gasteiger partial charge is 0.310 e. The van der Waals surface area contributed by atoms with Gasteiger partial charge in [0.2, 0.25) is 6.19 Å². The van der Waals surface area contributed by atoms with Gasteiger partial charge in [-0.3, -0.25) is 0 Å². The van der Waals surface area contributed by atoms with Gasteiger partial charge in [-0.15, -0.1) is 0 Å². The van der Waals surface area contributed by atoms with Crippen molar-refractivity contribution < 1.29 is 5.03 Å². The standard InChI is InChI=1S/C7H12N2.C6H12N2O2.C6H13N/c1-3-5-7(4-2)9-6-8;1-3-5-6(4-2)7-8(9)10;1-3-5-6(7)4-2/h3-5H2,1-2H3;3-5H2,1-2H3;7H,3-5H2,1-2H3/b;7-6+;. The first-order valence-corrected chi connectivity index (χ1v) is 9.57. The monoisotopic (exact) mass is 367 g/mol. The van der Waals surface area contributed by atoms with Crippen LogP contribution in [-0.4, -0.2) is 22.2 Å². The summed E-state index contributed by atoms with van der Waals surface area (Å²) >= 11 is 0. The number of aliphatic imine (C=N–C) groups is 1. The van der Waals surface area contributed by atoms with Crippen LogP contribution in [0.3, 0.4) is 0 Å². The summed E-state index contributed by atoms with van der Waals surface area (Å²) in [5.74, 6) is 0. The highest BCUT2D eigenvalue weighted by Gasteiger charge is 1.99. The second-order valence-corrected chi connectivity index (χ2v) is 5.60. The van der Waals surface area contributed by atoms with Gasteiger partial charge in [0, 0.05) is 11.4 Å². The highest BCUT2D eigenvalue weighted by atomic mass is 16.7. The molecule has 0 unspecified atom stereocenters. The molecule has 0 atom stereocenters. The number of nitro groups is 1. The fourth-order valence-electron chi connectivity index (χ4n) is 1.85. The third kappa shape index (κ3) is 24.2. The molecule has 0 saturated heterocycles. The van der Waals surface area contributed by atoms with E-state index in [4.69, 9.17) is 10.7 Å². The first-order chi connectivity index (χ1) is 12.4. The smallest absolute Gasteiger partial charge is 0.205 e. The molecule has 0 amide bonds. The highest BCUT2D eigenvalue weighted by molar-refractivity contribution is 5.84. The van der Waals surface area contributed by atoms with Crippen LogP contribution in [0.4, 0.5) is 0 Å². The molecule has 0 aliphatic heterocycles. The summed E-state index contributed by atoms with van der Waals surface area (Å²) in [4.78, 5) is 13.5. The third-order valence-corrected chi connectivity index (χ3v) is 3.30. The SMILES string of the molecule is CCC/C(CC)=N/[N+](=O)[O-].CCCC(=N)CC.CCCC(CC)=NC#N. The summed E-state index contributed by atoms with van der Waals surface area (Å²) in [7, 11) is 0. The van der Waals surface area contributed by atoms with Crippen LogP contribution in [0.1, 0.15) is 99.3 Å². The van der Waals surface area contributed by atoms with Crippen molar-refractivity contribution in [2.75, 3.05) is 0 Å². The predicted octanol–water partition coefficient (Wildman–Crippen LogP) is 6.16. The van der Waals surface area contributed by atoms with E-state index >= 15 is 0 Å². The molecular weight excluding hydrogens is 330 g/mol. The molecule has 7 nitrogen and oxygen atoms in total. The van der Waals surface area contributed by atoms with Crippen molar-refractivity contribution >= 4 is 17.1 Å². The highest BCUT2D eigenvalue weighted by Crippen LogP contribution is 1.96. The lowest BCUT2D eigenvalue weighted by molar-refractivity contribution is -0.485. The van der Waals surface area contributed by atoms with Crippen LogP contribution < -0.4 is 0 Å². The summed E-state index contributed by atoms with van der Waals surface area (Å²) in [5.41, 5.74) is 2.56. The summed E-state index contributed by atoms with van der Waals surface area (Å²) in [5, 5.41) is 27.7. The van der Waals surface area contributed by atoms with Gasteiger partial charge in [-0.05, 0) is 38.5 Å². The van der Waals surface area contributed by atoms with E-state index in [0.717, 1.165) is 62.8 Å². The average Bonchev–Trinajstić information content (AvgIpc) is 2.62. The van der Waals surface area contributed by atoms with Gasteiger partial charge < -0.3 is 5.41 Å². The van der Waals surface area contributed by atoms with Crippen LogP contribution in [0.2, 0.25) is 0 Å². The van der Waals surface area contributed by atoms with Crippen molar-refractivity contribution in [2.24, 2.45) is 10.1 Å². The van der Waals surface area contributed by atoms with Crippen LogP contribution in [0.5, 0.6) is 0 Å². The van der Waals surface area contributed by atoms with Crippen LogP contribution in [0.25, 0.3) is 0 Å². The van der Waals surface area contributed by atoms with Crippen LogP contribution >= 0.6 is 0 Å². The molecule has 0 aliphatic rings. The Morgan fingerprint density at radius 1 is 0.923 bits per heavy atom. The first kappa shape index (κ1) is 28.7. The number of hydrogen-bond donors (Lipinski definition) is 1. The number of rotatable bonds is 10. The van der Waals surface area contributed by atoms with E-state index < -0.39 is 5.03 Å². The van der Waals surface area contributed by atoms with E-state index in [1.807, 2.05) is 27.7 Å². The Morgan fingerprint density at radius 2 is 1.38 bits per heavy atom. The Labute approximate surface area is 159 Å². The third-order valence-electron chi connectivity index (χ3n) is 3.30. The van der Waals surface area contributed by atoms with Gasteiger partial charge in [-0.2, -0.15) is 10.3 Å². The average molecular weight is 368 g/mol. The fourth-order valence-corrected chi connectivity index (χ4v) is 1.85. The molecule has 0 bridgehead atoms. The van der Waals surface area contributed by atoms with E-state index in [0.29, 0.717) is 12.1 Å². The second-order valence-electron chi connectivity index (χ2n) is 5.60. The van der Waals surface area contributed by atoms with Gasteiger partial charge in [0.15, 0.2) is 5.03 Å². The van der Waals surface area contributed by atoms with Crippen molar-refractivity contribution in [3.05, 3.63) is 10.1 Å². The van der Waals surface area contributed by atoms with Gasteiger partial charge >= 0.3 is 0 Å². The Bertz CT molecular complexity index is 465. The number of nitrogens with zero attached hydrogens (tertiary/aromatic N) is 4. The zero-order valence-corrected chi connectivity index (χ0v) is 17.5. The quantitative estimate of drug-likeness (QED) is 0.215. The minimum Gasteiger partial charge on any atom is -0.310 e. The molecule has 0 aromatic heterocycles. The molecule has 26 heavy (non-hydrogen) atoms. The lowest BCUT2D eigenvalue weighted by Crippen LogP contribution is -1.99. The number of hydrazone groups is 1.